The van der Waals surface area contributed by atoms with Crippen molar-refractivity contribution in [3.63, 3.8) is 0 Å². The molecule has 0 aliphatic rings. The predicted molar refractivity (Wildman–Crippen MR) is 68.4 cm³/mol. The summed E-state index contributed by atoms with van der Waals surface area (Å²) in [5, 5.41) is 3.30. The summed E-state index contributed by atoms with van der Waals surface area (Å²) >= 11 is 1.77. The van der Waals surface area contributed by atoms with E-state index in [1.807, 2.05) is 12.1 Å². The maximum absolute atomic E-state index is 5.62. The van der Waals surface area contributed by atoms with Crippen molar-refractivity contribution in [3.8, 4) is 0 Å². The second kappa shape index (κ2) is 8.30. The average molecular weight is 241 g/mol. The van der Waals surface area contributed by atoms with E-state index < -0.39 is 0 Å². The zero-order chi connectivity index (χ0) is 11.6. The molecule has 0 saturated carbocycles. The van der Waals surface area contributed by atoms with E-state index in [0.717, 1.165) is 36.8 Å². The van der Waals surface area contributed by atoms with Crippen molar-refractivity contribution in [2.24, 2.45) is 0 Å². The van der Waals surface area contributed by atoms with E-state index in [1.54, 1.807) is 11.8 Å². The van der Waals surface area contributed by atoms with Crippen molar-refractivity contribution < 1.29 is 9.15 Å². The molecule has 0 saturated heterocycles. The Hall–Kier alpha value is -0.870. The van der Waals surface area contributed by atoms with Crippen molar-refractivity contribution in [2.75, 3.05) is 19.4 Å². The quantitative estimate of drug-likeness (QED) is 0.532. The van der Waals surface area contributed by atoms with Crippen LogP contribution in [0.3, 0.4) is 0 Å². The molecule has 0 spiro atoms. The topological polar surface area (TPSA) is 34.4 Å². The highest BCUT2D eigenvalue weighted by atomic mass is 32.2. The molecule has 4 heteroatoms. The molecule has 0 unspecified atom stereocenters. The highest BCUT2D eigenvalue weighted by Crippen LogP contribution is 2.12. The lowest BCUT2D eigenvalue weighted by Crippen LogP contribution is -2.15. The van der Waals surface area contributed by atoms with Crippen LogP contribution in [-0.4, -0.2) is 19.4 Å². The minimum absolute atomic E-state index is 0.715. The van der Waals surface area contributed by atoms with Crippen LogP contribution in [0.25, 0.3) is 0 Å². The molecule has 1 aromatic rings. The van der Waals surface area contributed by atoms with Gasteiger partial charge < -0.3 is 14.5 Å². The van der Waals surface area contributed by atoms with Crippen molar-refractivity contribution in [2.45, 2.75) is 18.7 Å². The summed E-state index contributed by atoms with van der Waals surface area (Å²) in [6.45, 7) is 5.90. The minimum atomic E-state index is 0.715. The Morgan fingerprint density at radius 2 is 2.31 bits per heavy atom. The van der Waals surface area contributed by atoms with Crippen molar-refractivity contribution in [1.82, 2.24) is 5.32 Å². The van der Waals surface area contributed by atoms with Crippen molar-refractivity contribution >= 4 is 11.8 Å². The summed E-state index contributed by atoms with van der Waals surface area (Å²) < 4.78 is 10.6. The molecule has 3 nitrogen and oxygen atoms in total. The Kier molecular flexibility index (Phi) is 6.85. The van der Waals surface area contributed by atoms with Gasteiger partial charge in [-0.3, -0.25) is 0 Å². The van der Waals surface area contributed by atoms with Gasteiger partial charge in [0.2, 0.25) is 0 Å². The summed E-state index contributed by atoms with van der Waals surface area (Å²) in [7, 11) is 0. The fraction of sp³-hybridized carbons (Fsp3) is 0.500. The van der Waals surface area contributed by atoms with Crippen LogP contribution in [0.15, 0.2) is 29.4 Å². The smallest absolute Gasteiger partial charge is 0.117 e. The molecular weight excluding hydrogens is 222 g/mol. The third-order valence-electron chi connectivity index (χ3n) is 2.04. The third kappa shape index (κ3) is 5.28. The maximum Gasteiger partial charge on any atom is 0.117 e. The molecular formula is C12H19NO2S. The summed E-state index contributed by atoms with van der Waals surface area (Å²) in [4.78, 5) is 0. The van der Waals surface area contributed by atoms with Gasteiger partial charge in [-0.25, -0.2) is 0 Å². The van der Waals surface area contributed by atoms with Gasteiger partial charge in [0.05, 0.1) is 25.2 Å². The molecule has 0 atom stereocenters. The maximum atomic E-state index is 5.62. The Bertz CT molecular complexity index is 299. The molecule has 1 rings (SSSR count). The molecule has 0 radical (unpaired) electrons. The molecule has 1 N–H and O–H groups in total. The summed E-state index contributed by atoms with van der Waals surface area (Å²) in [5.41, 5.74) is 0. The molecule has 1 heterocycles. The zero-order valence-electron chi connectivity index (χ0n) is 9.70. The van der Waals surface area contributed by atoms with Crippen LogP contribution in [0.5, 0.6) is 0 Å². The zero-order valence-corrected chi connectivity index (χ0v) is 10.5. The predicted octanol–water partition coefficient (Wildman–Crippen LogP) is 2.78. The molecule has 0 aliphatic heterocycles. The van der Waals surface area contributed by atoms with E-state index in [9.17, 15) is 0 Å². The number of hydrogen-bond acceptors (Lipinski definition) is 4. The standard InChI is InChI=1S/C12H19NO2S/c1-3-14-8-4-7-13-9-11-5-6-12(15-11)10-16-2/h3,5-6,13H,1,4,7-10H2,2H3. The van der Waals surface area contributed by atoms with E-state index in [0.29, 0.717) is 6.61 Å². The second-order valence-corrected chi connectivity index (χ2v) is 4.23. The molecule has 90 valence electrons. The average Bonchev–Trinajstić information content (AvgIpc) is 2.72. The SMILES string of the molecule is C=COCCCNCc1ccc(CSC)o1. The first-order valence-corrected chi connectivity index (χ1v) is 6.76. The van der Waals surface area contributed by atoms with Crippen molar-refractivity contribution in [1.29, 1.82) is 0 Å². The largest absolute Gasteiger partial charge is 0.502 e. The Morgan fingerprint density at radius 3 is 3.06 bits per heavy atom. The molecule has 0 aromatic carbocycles. The molecule has 0 aliphatic carbocycles. The number of thioether (sulfide) groups is 1. The number of ether oxygens (including phenoxy) is 1. The molecule has 16 heavy (non-hydrogen) atoms. The van der Waals surface area contributed by atoms with Gasteiger partial charge in [-0.1, -0.05) is 6.58 Å². The van der Waals surface area contributed by atoms with Crippen LogP contribution < -0.4 is 5.32 Å². The lowest BCUT2D eigenvalue weighted by molar-refractivity contribution is 0.244. The lowest BCUT2D eigenvalue weighted by Gasteiger charge is -2.02. The van der Waals surface area contributed by atoms with Crippen LogP contribution in [0.2, 0.25) is 0 Å². The third-order valence-corrected chi connectivity index (χ3v) is 2.61. The van der Waals surface area contributed by atoms with Crippen LogP contribution >= 0.6 is 11.8 Å². The van der Waals surface area contributed by atoms with Crippen LogP contribution in [0, 0.1) is 0 Å². The van der Waals surface area contributed by atoms with Gasteiger partial charge in [-0.05, 0) is 31.4 Å². The second-order valence-electron chi connectivity index (χ2n) is 3.37. The van der Waals surface area contributed by atoms with Gasteiger partial charge >= 0.3 is 0 Å². The van der Waals surface area contributed by atoms with Gasteiger partial charge in [0.25, 0.3) is 0 Å². The molecule has 0 bridgehead atoms. The monoisotopic (exact) mass is 241 g/mol. The molecule has 1 aromatic heterocycles. The molecule has 0 fully saturated rings. The van der Waals surface area contributed by atoms with E-state index in [4.69, 9.17) is 9.15 Å². The number of hydrogen-bond donors (Lipinski definition) is 1. The van der Waals surface area contributed by atoms with Gasteiger partial charge in [-0.15, -0.1) is 0 Å². The van der Waals surface area contributed by atoms with Crippen LogP contribution in [0.1, 0.15) is 17.9 Å². The fourth-order valence-corrected chi connectivity index (χ4v) is 1.75. The first-order chi connectivity index (χ1) is 7.86. The molecule has 0 amide bonds. The summed E-state index contributed by atoms with van der Waals surface area (Å²) in [6, 6.07) is 4.06. The van der Waals surface area contributed by atoms with Crippen LogP contribution in [-0.2, 0) is 17.0 Å². The highest BCUT2D eigenvalue weighted by Gasteiger charge is 2.00. The number of furan rings is 1. The van der Waals surface area contributed by atoms with Gasteiger partial charge in [0.1, 0.15) is 11.5 Å². The van der Waals surface area contributed by atoms with E-state index in [1.165, 1.54) is 6.26 Å². The summed E-state index contributed by atoms with van der Waals surface area (Å²) in [6.07, 6.45) is 4.52. The van der Waals surface area contributed by atoms with E-state index in [2.05, 4.69) is 18.2 Å². The van der Waals surface area contributed by atoms with E-state index in [-0.39, 0.29) is 0 Å². The normalized spacial score (nSPS) is 10.3. The van der Waals surface area contributed by atoms with Crippen LogP contribution in [0.4, 0.5) is 0 Å². The first kappa shape index (κ1) is 13.2. The highest BCUT2D eigenvalue weighted by molar-refractivity contribution is 7.97. The lowest BCUT2D eigenvalue weighted by atomic mass is 10.4. The Balaban J connectivity index is 2.09. The Labute approximate surface area is 101 Å². The fourth-order valence-electron chi connectivity index (χ4n) is 1.31. The summed E-state index contributed by atoms with van der Waals surface area (Å²) in [5.74, 6) is 2.97. The van der Waals surface area contributed by atoms with Gasteiger partial charge in [-0.2, -0.15) is 11.8 Å². The van der Waals surface area contributed by atoms with Gasteiger partial charge in [0, 0.05) is 0 Å². The van der Waals surface area contributed by atoms with Crippen molar-refractivity contribution in [3.05, 3.63) is 36.5 Å². The number of nitrogens with one attached hydrogen (secondary N) is 1. The first-order valence-electron chi connectivity index (χ1n) is 5.36. The van der Waals surface area contributed by atoms with E-state index >= 15 is 0 Å². The number of rotatable bonds is 9. The Morgan fingerprint density at radius 1 is 1.50 bits per heavy atom. The minimum Gasteiger partial charge on any atom is -0.502 e. The van der Waals surface area contributed by atoms with Gasteiger partial charge in [0.15, 0.2) is 0 Å².